The summed E-state index contributed by atoms with van der Waals surface area (Å²) in [4.78, 5) is 5.35. The van der Waals surface area contributed by atoms with Crippen molar-refractivity contribution in [3.8, 4) is 22.3 Å². The summed E-state index contributed by atoms with van der Waals surface area (Å²) in [6.07, 6.45) is 15.1. The molecule has 0 amide bonds. The third-order valence-corrected chi connectivity index (χ3v) is 13.5. The molecule has 1 aliphatic heterocycles. The van der Waals surface area contributed by atoms with E-state index in [-0.39, 0.29) is 12.1 Å². The molecule has 3 heteroatoms. The summed E-state index contributed by atoms with van der Waals surface area (Å²) in [5.41, 5.74) is 16.8. The molecule has 12 rings (SSSR count). The van der Waals surface area contributed by atoms with Crippen molar-refractivity contribution >= 4 is 33.0 Å². The Hall–Kier alpha value is -6.97. The summed E-state index contributed by atoms with van der Waals surface area (Å²) < 4.78 is 6.45. The van der Waals surface area contributed by atoms with Crippen LogP contribution < -0.4 is 16.1 Å². The zero-order valence-corrected chi connectivity index (χ0v) is 33.4. The number of benzene rings is 7. The summed E-state index contributed by atoms with van der Waals surface area (Å²) >= 11 is 0. The van der Waals surface area contributed by atoms with Gasteiger partial charge in [-0.2, -0.15) is 0 Å². The number of hydrogen-bond donors (Lipinski definition) is 1. The molecule has 7 aromatic carbocycles. The van der Waals surface area contributed by atoms with E-state index in [9.17, 15) is 0 Å². The first kappa shape index (κ1) is 35.0. The van der Waals surface area contributed by atoms with Gasteiger partial charge in [-0.25, -0.2) is 0 Å². The highest BCUT2D eigenvalue weighted by Gasteiger charge is 2.49. The molecule has 0 spiro atoms. The van der Waals surface area contributed by atoms with Crippen molar-refractivity contribution in [2.45, 2.75) is 43.7 Å². The van der Waals surface area contributed by atoms with Crippen LogP contribution in [0.4, 0.5) is 0 Å². The molecule has 0 saturated carbocycles. The van der Waals surface area contributed by atoms with Crippen LogP contribution >= 0.6 is 0 Å². The van der Waals surface area contributed by atoms with Crippen LogP contribution in [0.3, 0.4) is 0 Å². The summed E-state index contributed by atoms with van der Waals surface area (Å²) in [7, 11) is 0. The molecular weight excluding hydrogens is 729 g/mol. The number of rotatable bonds is 6. The van der Waals surface area contributed by atoms with E-state index in [0.29, 0.717) is 0 Å². The predicted molar refractivity (Wildman–Crippen MR) is 246 cm³/mol. The third-order valence-electron chi connectivity index (χ3n) is 13.5. The molecule has 4 aliphatic rings. The lowest BCUT2D eigenvalue weighted by atomic mass is 9.63. The zero-order valence-electron chi connectivity index (χ0n) is 33.4. The van der Waals surface area contributed by atoms with Gasteiger partial charge in [0, 0.05) is 16.9 Å². The molecule has 0 bridgehead atoms. The molecule has 8 aromatic rings. The summed E-state index contributed by atoms with van der Waals surface area (Å²) in [6.45, 7) is 0. The first-order valence-electron chi connectivity index (χ1n) is 21.6. The molecular formula is C57H44N2O. The fourth-order valence-electron chi connectivity index (χ4n) is 10.8. The third kappa shape index (κ3) is 5.38. The summed E-state index contributed by atoms with van der Waals surface area (Å²) in [6, 6.07) is 60.1. The molecule has 288 valence electrons. The van der Waals surface area contributed by atoms with Gasteiger partial charge in [-0.05, 0) is 117 Å². The van der Waals surface area contributed by atoms with Gasteiger partial charge in [0.25, 0.3) is 0 Å². The quantitative estimate of drug-likeness (QED) is 0.171. The van der Waals surface area contributed by atoms with E-state index >= 15 is 0 Å². The van der Waals surface area contributed by atoms with Crippen LogP contribution in [0, 0.1) is 5.92 Å². The molecule has 3 aliphatic carbocycles. The van der Waals surface area contributed by atoms with E-state index in [1.165, 1.54) is 79.3 Å². The molecule has 3 atom stereocenters. The molecule has 1 aromatic heterocycles. The lowest BCUT2D eigenvalue weighted by Gasteiger charge is -2.38. The average Bonchev–Trinajstić information content (AvgIpc) is 3.86. The fourth-order valence-corrected chi connectivity index (χ4v) is 10.8. The van der Waals surface area contributed by atoms with Crippen LogP contribution in [-0.2, 0) is 5.41 Å². The number of furan rings is 1. The highest BCUT2D eigenvalue weighted by atomic mass is 16.3. The topological polar surface area (TPSA) is 37.5 Å². The van der Waals surface area contributed by atoms with E-state index in [1.807, 2.05) is 12.1 Å². The van der Waals surface area contributed by atoms with Crippen molar-refractivity contribution in [1.82, 2.24) is 5.32 Å². The average molecular weight is 773 g/mol. The van der Waals surface area contributed by atoms with Gasteiger partial charge in [0.1, 0.15) is 17.1 Å². The fraction of sp³-hybridized carbons (Fsp3) is 0.140. The largest absolute Gasteiger partial charge is 0.452 e. The predicted octanol–water partition coefficient (Wildman–Crippen LogP) is 12.4. The minimum atomic E-state index is -0.423. The van der Waals surface area contributed by atoms with Crippen molar-refractivity contribution in [3.63, 3.8) is 0 Å². The summed E-state index contributed by atoms with van der Waals surface area (Å²) in [5.74, 6) is 0.170. The second kappa shape index (κ2) is 14.1. The highest BCUT2D eigenvalue weighted by molar-refractivity contribution is 6.07. The number of para-hydroxylation sites is 1. The van der Waals surface area contributed by atoms with Crippen LogP contribution in [0.15, 0.2) is 203 Å². The normalized spacial score (nSPS) is 20.4. The molecule has 3 nitrogen and oxygen atoms in total. The van der Waals surface area contributed by atoms with Crippen molar-refractivity contribution in [3.05, 3.63) is 232 Å². The van der Waals surface area contributed by atoms with Crippen molar-refractivity contribution in [1.29, 1.82) is 0 Å². The minimum Gasteiger partial charge on any atom is -0.452 e. The Bertz CT molecular complexity index is 3210. The minimum absolute atomic E-state index is 0.133. The van der Waals surface area contributed by atoms with Crippen molar-refractivity contribution in [2.75, 3.05) is 0 Å². The molecule has 0 radical (unpaired) electrons. The Balaban J connectivity index is 1.01. The Morgan fingerprint density at radius 2 is 1.37 bits per heavy atom. The molecule has 0 saturated heterocycles. The van der Waals surface area contributed by atoms with E-state index in [4.69, 9.17) is 9.41 Å². The van der Waals surface area contributed by atoms with Gasteiger partial charge in [-0.3, -0.25) is 4.99 Å². The Morgan fingerprint density at radius 1 is 0.633 bits per heavy atom. The maximum atomic E-state index is 6.45. The van der Waals surface area contributed by atoms with Crippen molar-refractivity contribution in [2.24, 2.45) is 10.9 Å². The standard InChI is InChI=1S/C57H44N2O/c1-5-17-38(18-6-1)48-35-42-21-13-14-26-45(42)52-51(48)46-34-33-41(36-49(46)57(52,43-22-9-3-10-23-43)44-24-11-4-12-25-44)37-29-31-40(32-30-37)56-58-53(39-19-7-2-8-20-39)55-54(59-56)47-27-15-16-28-50(47)60-55/h1-3,5-10,13-24,26-31,33-36,40,56,58H,4,11-12,25,32H2. The smallest absolute Gasteiger partial charge is 0.177 e. The Labute approximate surface area is 350 Å². The Morgan fingerprint density at radius 3 is 2.13 bits per heavy atom. The number of fused-ring (bicyclic) bond motifs is 8. The van der Waals surface area contributed by atoms with Crippen molar-refractivity contribution < 1.29 is 4.42 Å². The molecule has 2 heterocycles. The summed E-state index contributed by atoms with van der Waals surface area (Å²) in [5, 5.41) is 8.44. The van der Waals surface area contributed by atoms with E-state index in [1.54, 1.807) is 0 Å². The van der Waals surface area contributed by atoms with Gasteiger partial charge in [0.05, 0.1) is 11.1 Å². The first-order chi connectivity index (χ1) is 29.8. The van der Waals surface area contributed by atoms with E-state index in [2.05, 4.69) is 181 Å². The molecule has 3 unspecified atom stereocenters. The number of allylic oxidation sites excluding steroid dienone is 5. The van der Waals surface area contributed by atoms with Gasteiger partial charge in [-0.1, -0.05) is 169 Å². The number of nitrogens with one attached hydrogen (secondary N) is 1. The number of hydrogen-bond acceptors (Lipinski definition) is 3. The second-order valence-corrected chi connectivity index (χ2v) is 16.8. The van der Waals surface area contributed by atoms with Crippen LogP contribution in [-0.4, -0.2) is 6.17 Å². The first-order valence-corrected chi connectivity index (χ1v) is 21.6. The lowest BCUT2D eigenvalue weighted by molar-refractivity contribution is 0.444. The van der Waals surface area contributed by atoms with Crippen LogP contribution in [0.2, 0.25) is 0 Å². The second-order valence-electron chi connectivity index (χ2n) is 16.8. The van der Waals surface area contributed by atoms with Gasteiger partial charge < -0.3 is 9.73 Å². The van der Waals surface area contributed by atoms with E-state index < -0.39 is 5.41 Å². The van der Waals surface area contributed by atoms with Crippen LogP contribution in [0.25, 0.3) is 55.3 Å². The van der Waals surface area contributed by atoms with Gasteiger partial charge in [0.2, 0.25) is 0 Å². The number of nitrogens with zero attached hydrogens (tertiary/aromatic N) is 1. The molecule has 0 fully saturated rings. The molecule has 60 heavy (non-hydrogen) atoms. The highest BCUT2D eigenvalue weighted by Crippen LogP contribution is 2.62. The maximum Gasteiger partial charge on any atom is 0.177 e. The van der Waals surface area contributed by atoms with E-state index in [0.717, 1.165) is 52.3 Å². The van der Waals surface area contributed by atoms with Crippen LogP contribution in [0.1, 0.15) is 59.9 Å². The van der Waals surface area contributed by atoms with Gasteiger partial charge >= 0.3 is 0 Å². The zero-order chi connectivity index (χ0) is 39.6. The SMILES string of the molecule is C1=CC(C2N=c3c(oc4ccccc34)=C(c3ccccc3)N2)CC=C1c1ccc2c(c1)C(C1=CCCCC1)(c1ccccc1)c1c-2c(-c2ccccc2)cc2ccccc12. The monoisotopic (exact) mass is 772 g/mol. The van der Waals surface area contributed by atoms with Gasteiger partial charge in [0.15, 0.2) is 5.42 Å². The Kier molecular flexibility index (Phi) is 8.23. The molecule has 1 N–H and O–H groups in total. The van der Waals surface area contributed by atoms with Crippen LogP contribution in [0.5, 0.6) is 0 Å². The van der Waals surface area contributed by atoms with Gasteiger partial charge in [-0.15, -0.1) is 0 Å². The lowest BCUT2D eigenvalue weighted by Crippen LogP contribution is -2.45. The maximum absolute atomic E-state index is 6.45.